The van der Waals surface area contributed by atoms with Gasteiger partial charge in [0.25, 0.3) is 0 Å². The summed E-state index contributed by atoms with van der Waals surface area (Å²) < 4.78 is 2.24. The summed E-state index contributed by atoms with van der Waals surface area (Å²) in [6, 6.07) is 8.20. The van der Waals surface area contributed by atoms with Crippen molar-refractivity contribution in [3.63, 3.8) is 0 Å². The number of aromatic nitrogens is 4. The highest BCUT2D eigenvalue weighted by atomic mass is 16.2. The zero-order chi connectivity index (χ0) is 19.1. The maximum Gasteiger partial charge on any atom is 0.227 e. The van der Waals surface area contributed by atoms with Gasteiger partial charge in [0.1, 0.15) is 5.82 Å². The van der Waals surface area contributed by atoms with Crippen LogP contribution in [0.15, 0.2) is 30.5 Å². The SMILES string of the molecule is CN1CCn2c(nnc2[C@@H]2CCCCN2C(=O)Cc2c[nH]c3ccccc23)C1. The molecule has 0 unspecified atom stereocenters. The quantitative estimate of drug-likeness (QED) is 0.760. The molecule has 1 aromatic carbocycles. The molecule has 1 saturated heterocycles. The van der Waals surface area contributed by atoms with Gasteiger partial charge in [0, 0.05) is 36.7 Å². The number of carbonyl (C=O) groups excluding carboxylic acids is 1. The van der Waals surface area contributed by atoms with E-state index in [4.69, 9.17) is 0 Å². The van der Waals surface area contributed by atoms with Crippen LogP contribution < -0.4 is 0 Å². The first kappa shape index (κ1) is 17.4. The molecule has 2 aliphatic heterocycles. The molecule has 4 heterocycles. The van der Waals surface area contributed by atoms with E-state index in [1.807, 2.05) is 29.3 Å². The molecule has 2 aromatic heterocycles. The molecule has 0 spiro atoms. The molecule has 1 amide bonds. The standard InChI is InChI=1S/C21H26N6O/c1-25-10-11-27-19(14-25)23-24-21(27)18-8-4-5-9-26(18)20(28)12-15-13-22-17-7-3-2-6-16(15)17/h2-3,6-7,13,18,22H,4-5,8-12,14H2,1H3/t18-/m0/s1. The molecule has 5 rings (SSSR count). The van der Waals surface area contributed by atoms with Crippen molar-refractivity contribution in [1.82, 2.24) is 29.5 Å². The number of nitrogens with one attached hydrogen (secondary N) is 1. The summed E-state index contributed by atoms with van der Waals surface area (Å²) in [5.74, 6) is 2.16. The highest BCUT2D eigenvalue weighted by Gasteiger charge is 2.33. The fraction of sp³-hybridized carbons (Fsp3) is 0.476. The fourth-order valence-corrected chi connectivity index (χ4v) is 4.59. The van der Waals surface area contributed by atoms with E-state index in [0.717, 1.165) is 73.6 Å². The zero-order valence-corrected chi connectivity index (χ0v) is 16.3. The number of nitrogens with zero attached hydrogens (tertiary/aromatic N) is 5. The summed E-state index contributed by atoms with van der Waals surface area (Å²) >= 11 is 0. The van der Waals surface area contributed by atoms with Crippen LogP contribution in [0.1, 0.15) is 42.5 Å². The molecule has 146 valence electrons. The van der Waals surface area contributed by atoms with Crippen LogP contribution in [0.4, 0.5) is 0 Å². The van der Waals surface area contributed by atoms with Crippen LogP contribution in [0.25, 0.3) is 10.9 Å². The molecule has 7 nitrogen and oxygen atoms in total. The molecular weight excluding hydrogens is 352 g/mol. The zero-order valence-electron chi connectivity index (χ0n) is 16.3. The van der Waals surface area contributed by atoms with Gasteiger partial charge in [-0.15, -0.1) is 10.2 Å². The lowest BCUT2D eigenvalue weighted by atomic mass is 9.99. The average Bonchev–Trinajstić information content (AvgIpc) is 3.32. The number of likely N-dealkylation sites (N-methyl/N-ethyl adjacent to an activating group) is 1. The second-order valence-corrected chi connectivity index (χ2v) is 8.00. The van der Waals surface area contributed by atoms with Gasteiger partial charge < -0.3 is 14.5 Å². The van der Waals surface area contributed by atoms with Gasteiger partial charge in [-0.3, -0.25) is 9.69 Å². The highest BCUT2D eigenvalue weighted by Crippen LogP contribution is 2.32. The summed E-state index contributed by atoms with van der Waals surface area (Å²) in [4.78, 5) is 20.9. The predicted molar refractivity (Wildman–Crippen MR) is 107 cm³/mol. The Kier molecular flexibility index (Phi) is 4.39. The first-order valence-electron chi connectivity index (χ1n) is 10.2. The van der Waals surface area contributed by atoms with Gasteiger partial charge >= 0.3 is 0 Å². The van der Waals surface area contributed by atoms with Crippen molar-refractivity contribution < 1.29 is 4.79 Å². The van der Waals surface area contributed by atoms with Crippen LogP contribution in [0.3, 0.4) is 0 Å². The van der Waals surface area contributed by atoms with Crippen LogP contribution in [0, 0.1) is 0 Å². The molecular formula is C21H26N6O. The molecule has 7 heteroatoms. The Hall–Kier alpha value is -2.67. The summed E-state index contributed by atoms with van der Waals surface area (Å²) in [7, 11) is 2.11. The summed E-state index contributed by atoms with van der Waals surface area (Å²) in [5.41, 5.74) is 2.14. The van der Waals surface area contributed by atoms with Gasteiger partial charge in [0.05, 0.1) is 19.0 Å². The molecule has 0 bridgehead atoms. The number of carbonyl (C=O) groups is 1. The summed E-state index contributed by atoms with van der Waals surface area (Å²) in [6.07, 6.45) is 5.54. The third-order valence-corrected chi connectivity index (χ3v) is 6.11. The number of benzene rings is 1. The van der Waals surface area contributed by atoms with Crippen molar-refractivity contribution in [2.24, 2.45) is 0 Å². The third kappa shape index (κ3) is 2.99. The minimum Gasteiger partial charge on any atom is -0.361 e. The molecule has 0 saturated carbocycles. The van der Waals surface area contributed by atoms with Gasteiger partial charge in [-0.25, -0.2) is 0 Å². The van der Waals surface area contributed by atoms with E-state index in [1.54, 1.807) is 0 Å². The Morgan fingerprint density at radius 3 is 3.00 bits per heavy atom. The molecule has 1 fully saturated rings. The number of amides is 1. The minimum absolute atomic E-state index is 0.0381. The van der Waals surface area contributed by atoms with Crippen molar-refractivity contribution in [3.8, 4) is 0 Å². The Balaban J connectivity index is 1.41. The van der Waals surface area contributed by atoms with E-state index in [-0.39, 0.29) is 11.9 Å². The van der Waals surface area contributed by atoms with Crippen molar-refractivity contribution in [2.75, 3.05) is 20.1 Å². The Morgan fingerprint density at radius 1 is 1.18 bits per heavy atom. The van der Waals surface area contributed by atoms with E-state index < -0.39 is 0 Å². The van der Waals surface area contributed by atoms with E-state index in [1.165, 1.54) is 0 Å². The predicted octanol–water partition coefficient (Wildman–Crippen LogP) is 2.50. The number of rotatable bonds is 3. The minimum atomic E-state index is 0.0381. The number of hydrogen-bond donors (Lipinski definition) is 1. The number of para-hydroxylation sites is 1. The lowest BCUT2D eigenvalue weighted by Gasteiger charge is -2.36. The lowest BCUT2D eigenvalue weighted by Crippen LogP contribution is -2.41. The van der Waals surface area contributed by atoms with Gasteiger partial charge in [0.2, 0.25) is 5.91 Å². The highest BCUT2D eigenvalue weighted by molar-refractivity contribution is 5.89. The fourth-order valence-electron chi connectivity index (χ4n) is 4.59. The van der Waals surface area contributed by atoms with Crippen LogP contribution in [-0.4, -0.2) is 55.6 Å². The monoisotopic (exact) mass is 378 g/mol. The Labute approximate surface area is 164 Å². The molecule has 1 atom stereocenters. The van der Waals surface area contributed by atoms with E-state index in [9.17, 15) is 4.79 Å². The third-order valence-electron chi connectivity index (χ3n) is 6.11. The maximum absolute atomic E-state index is 13.3. The van der Waals surface area contributed by atoms with Crippen LogP contribution in [-0.2, 0) is 24.3 Å². The first-order chi connectivity index (χ1) is 13.7. The molecule has 0 radical (unpaired) electrons. The largest absolute Gasteiger partial charge is 0.361 e. The van der Waals surface area contributed by atoms with Crippen LogP contribution in [0.5, 0.6) is 0 Å². The number of aromatic amines is 1. The summed E-state index contributed by atoms with van der Waals surface area (Å²) in [5, 5.41) is 10.1. The van der Waals surface area contributed by atoms with Gasteiger partial charge in [0.15, 0.2) is 5.82 Å². The molecule has 2 aliphatic rings. The number of H-pyrrole nitrogens is 1. The number of fused-ring (bicyclic) bond motifs is 2. The number of hydrogen-bond acceptors (Lipinski definition) is 4. The van der Waals surface area contributed by atoms with Gasteiger partial charge in [-0.2, -0.15) is 0 Å². The smallest absolute Gasteiger partial charge is 0.227 e. The summed E-state index contributed by atoms with van der Waals surface area (Å²) in [6.45, 7) is 3.51. The van der Waals surface area contributed by atoms with Gasteiger partial charge in [-0.05, 0) is 37.9 Å². The first-order valence-corrected chi connectivity index (χ1v) is 10.2. The van der Waals surface area contributed by atoms with Crippen molar-refractivity contribution >= 4 is 16.8 Å². The van der Waals surface area contributed by atoms with E-state index in [2.05, 4.69) is 37.8 Å². The maximum atomic E-state index is 13.3. The van der Waals surface area contributed by atoms with Crippen LogP contribution >= 0.6 is 0 Å². The van der Waals surface area contributed by atoms with Crippen LogP contribution in [0.2, 0.25) is 0 Å². The topological polar surface area (TPSA) is 70.1 Å². The van der Waals surface area contributed by atoms with E-state index >= 15 is 0 Å². The van der Waals surface area contributed by atoms with Crippen molar-refractivity contribution in [3.05, 3.63) is 47.7 Å². The molecule has 28 heavy (non-hydrogen) atoms. The lowest BCUT2D eigenvalue weighted by molar-refractivity contribution is -0.134. The average molecular weight is 378 g/mol. The van der Waals surface area contributed by atoms with E-state index in [0.29, 0.717) is 6.42 Å². The molecule has 3 aromatic rings. The van der Waals surface area contributed by atoms with Crippen molar-refractivity contribution in [2.45, 2.75) is 44.8 Å². The normalized spacial score (nSPS) is 20.5. The molecule has 1 N–H and O–H groups in total. The Bertz CT molecular complexity index is 1010. The second-order valence-electron chi connectivity index (χ2n) is 8.00. The second kappa shape index (κ2) is 7.05. The number of likely N-dealkylation sites (tertiary alicyclic amines) is 1. The molecule has 0 aliphatic carbocycles. The van der Waals surface area contributed by atoms with Crippen molar-refractivity contribution in [1.29, 1.82) is 0 Å². The Morgan fingerprint density at radius 2 is 2.07 bits per heavy atom. The van der Waals surface area contributed by atoms with Gasteiger partial charge in [-0.1, -0.05) is 18.2 Å². The number of piperidine rings is 1.